The Kier molecular flexibility index (Phi) is 6.23. The zero-order valence-corrected chi connectivity index (χ0v) is 19.9. The van der Waals surface area contributed by atoms with Gasteiger partial charge in [-0.3, -0.25) is 19.2 Å². The smallest absolute Gasteiger partial charge is 0.306 e. The lowest BCUT2D eigenvalue weighted by Gasteiger charge is -2.58. The summed E-state index contributed by atoms with van der Waals surface area (Å²) in [7, 11) is 0. The maximum Gasteiger partial charge on any atom is 0.306 e. The van der Waals surface area contributed by atoms with Crippen LogP contribution < -0.4 is 0 Å². The van der Waals surface area contributed by atoms with E-state index in [9.17, 15) is 19.2 Å². The van der Waals surface area contributed by atoms with Gasteiger partial charge in [-0.2, -0.15) is 0 Å². The number of Topliss-reactive ketones (excluding diaryl/α,β-unsaturated/α-hetero) is 3. The van der Waals surface area contributed by atoms with Crippen LogP contribution in [-0.2, 0) is 23.9 Å². The van der Waals surface area contributed by atoms with Gasteiger partial charge in [-0.1, -0.05) is 33.4 Å². The quantitative estimate of drug-likeness (QED) is 0.439. The van der Waals surface area contributed by atoms with Crippen LogP contribution in [0.15, 0.2) is 12.7 Å². The van der Waals surface area contributed by atoms with Gasteiger partial charge in [0, 0.05) is 43.4 Å². The summed E-state index contributed by atoms with van der Waals surface area (Å²) in [5.41, 5.74) is -0.572. The third kappa shape index (κ3) is 3.60. The highest BCUT2D eigenvalue weighted by Gasteiger charge is 2.66. The van der Waals surface area contributed by atoms with Crippen LogP contribution in [0.3, 0.4) is 0 Å². The minimum atomic E-state index is -0.491. The molecular formula is C27H38O5. The number of carbonyl (C=O) groups is 4. The summed E-state index contributed by atoms with van der Waals surface area (Å²) >= 11 is 0. The van der Waals surface area contributed by atoms with Crippen LogP contribution in [0.25, 0.3) is 0 Å². The molecule has 4 fully saturated rings. The first-order chi connectivity index (χ1) is 15.1. The Morgan fingerprint density at radius 2 is 1.91 bits per heavy atom. The van der Waals surface area contributed by atoms with Gasteiger partial charge in [0.15, 0.2) is 0 Å². The molecule has 8 atom stereocenters. The Hall–Kier alpha value is -1.78. The first-order valence-electron chi connectivity index (χ1n) is 12.5. The van der Waals surface area contributed by atoms with Gasteiger partial charge < -0.3 is 4.74 Å². The van der Waals surface area contributed by atoms with Crippen LogP contribution in [0.1, 0.15) is 78.6 Å². The SMILES string of the molecule is C=CCOC(=O)CCC(C)[C@H]1CC[C@H]2[C@@H]3C(=O)C[C@@H]4CC(=O)CC[C@]4(C)[C@H]3CC(=O)[C@]12C. The van der Waals surface area contributed by atoms with E-state index in [2.05, 4.69) is 27.4 Å². The fourth-order valence-electron chi connectivity index (χ4n) is 8.16. The molecule has 0 aromatic rings. The molecule has 4 aliphatic carbocycles. The normalized spacial score (nSPS) is 42.0. The van der Waals surface area contributed by atoms with Gasteiger partial charge in [0.25, 0.3) is 0 Å². The monoisotopic (exact) mass is 442 g/mol. The lowest BCUT2D eigenvalue weighted by atomic mass is 9.44. The van der Waals surface area contributed by atoms with E-state index in [1.165, 1.54) is 0 Å². The summed E-state index contributed by atoms with van der Waals surface area (Å²) < 4.78 is 5.12. The number of carbonyl (C=O) groups excluding carboxylic acids is 4. The average molecular weight is 443 g/mol. The highest BCUT2D eigenvalue weighted by molar-refractivity contribution is 5.93. The molecule has 0 heterocycles. The maximum absolute atomic E-state index is 13.8. The molecule has 0 aliphatic heterocycles. The first kappa shape index (κ1) is 23.4. The van der Waals surface area contributed by atoms with Crippen LogP contribution in [0.4, 0.5) is 0 Å². The highest BCUT2D eigenvalue weighted by Crippen LogP contribution is 2.66. The molecule has 176 valence electrons. The third-order valence-electron chi connectivity index (χ3n) is 10.1. The van der Waals surface area contributed by atoms with E-state index in [0.717, 1.165) is 19.3 Å². The highest BCUT2D eigenvalue weighted by atomic mass is 16.5. The van der Waals surface area contributed by atoms with Crippen molar-refractivity contribution in [3.8, 4) is 0 Å². The summed E-state index contributed by atoms with van der Waals surface area (Å²) in [4.78, 5) is 51.2. The summed E-state index contributed by atoms with van der Waals surface area (Å²) in [6.45, 7) is 10.3. The van der Waals surface area contributed by atoms with Gasteiger partial charge in [0.2, 0.25) is 0 Å². The third-order valence-corrected chi connectivity index (χ3v) is 10.1. The second-order valence-corrected chi connectivity index (χ2v) is 11.4. The fourth-order valence-corrected chi connectivity index (χ4v) is 8.16. The van der Waals surface area contributed by atoms with E-state index in [0.29, 0.717) is 44.3 Å². The van der Waals surface area contributed by atoms with Crippen LogP contribution in [0.2, 0.25) is 0 Å². The van der Waals surface area contributed by atoms with Crippen LogP contribution in [0.5, 0.6) is 0 Å². The molecule has 1 unspecified atom stereocenters. The van der Waals surface area contributed by atoms with Crippen molar-refractivity contribution in [1.82, 2.24) is 0 Å². The lowest BCUT2D eigenvalue weighted by Crippen LogP contribution is -2.60. The van der Waals surface area contributed by atoms with Crippen LogP contribution in [-0.4, -0.2) is 29.9 Å². The van der Waals surface area contributed by atoms with Crippen molar-refractivity contribution < 1.29 is 23.9 Å². The molecule has 0 bridgehead atoms. The predicted molar refractivity (Wildman–Crippen MR) is 121 cm³/mol. The number of hydrogen-bond acceptors (Lipinski definition) is 5. The largest absolute Gasteiger partial charge is 0.461 e. The van der Waals surface area contributed by atoms with E-state index in [4.69, 9.17) is 4.74 Å². The van der Waals surface area contributed by atoms with Crippen molar-refractivity contribution in [3.05, 3.63) is 12.7 Å². The van der Waals surface area contributed by atoms with Gasteiger partial charge in [-0.25, -0.2) is 0 Å². The number of hydrogen-bond donors (Lipinski definition) is 0. The molecule has 0 radical (unpaired) electrons. The van der Waals surface area contributed by atoms with Gasteiger partial charge in [0.1, 0.15) is 24.0 Å². The average Bonchev–Trinajstić information content (AvgIpc) is 3.11. The second kappa shape index (κ2) is 8.53. The van der Waals surface area contributed by atoms with E-state index >= 15 is 0 Å². The van der Waals surface area contributed by atoms with Crippen LogP contribution >= 0.6 is 0 Å². The van der Waals surface area contributed by atoms with Crippen molar-refractivity contribution in [3.63, 3.8) is 0 Å². The van der Waals surface area contributed by atoms with Gasteiger partial charge in [0.05, 0.1) is 0 Å². The first-order valence-corrected chi connectivity index (χ1v) is 12.5. The van der Waals surface area contributed by atoms with E-state index in [-0.39, 0.29) is 65.1 Å². The minimum absolute atomic E-state index is 0.0538. The number of ether oxygens (including phenoxy) is 1. The molecule has 0 spiro atoms. The molecule has 4 saturated carbocycles. The zero-order valence-electron chi connectivity index (χ0n) is 19.9. The standard InChI is InChI=1S/C27H38O5/c1-5-12-32-24(31)9-6-16(2)19-7-8-20-25-21(15-23(30)27(19,20)4)26(3)11-10-18(28)13-17(26)14-22(25)29/h5,16-17,19-21,25H,1,6-15H2,2-4H3/t16?,17-,19+,20-,21-,25-,26-,27+/m0/s1. The van der Waals surface area contributed by atoms with E-state index in [1.54, 1.807) is 6.08 Å². The van der Waals surface area contributed by atoms with Gasteiger partial charge in [-0.15, -0.1) is 0 Å². The Balaban J connectivity index is 1.53. The van der Waals surface area contributed by atoms with E-state index < -0.39 is 5.41 Å². The molecule has 0 amide bonds. The number of fused-ring (bicyclic) bond motifs is 5. The number of rotatable bonds is 6. The van der Waals surface area contributed by atoms with Gasteiger partial charge in [-0.05, 0) is 60.7 Å². The minimum Gasteiger partial charge on any atom is -0.461 e. The van der Waals surface area contributed by atoms with Gasteiger partial charge >= 0.3 is 5.97 Å². The second-order valence-electron chi connectivity index (χ2n) is 11.4. The van der Waals surface area contributed by atoms with Crippen molar-refractivity contribution in [2.75, 3.05) is 6.61 Å². The number of ketones is 3. The molecule has 0 saturated heterocycles. The van der Waals surface area contributed by atoms with E-state index in [1.807, 2.05) is 0 Å². The summed E-state index contributed by atoms with van der Waals surface area (Å²) in [5, 5.41) is 0. The molecular weight excluding hydrogens is 404 g/mol. The molecule has 32 heavy (non-hydrogen) atoms. The molecule has 5 nitrogen and oxygen atoms in total. The summed E-state index contributed by atoms with van der Waals surface area (Å²) in [5.74, 6) is 1.28. The predicted octanol–water partition coefficient (Wildman–Crippen LogP) is 4.72. The summed E-state index contributed by atoms with van der Waals surface area (Å²) in [6.07, 6.45) is 7.32. The Morgan fingerprint density at radius 1 is 1.16 bits per heavy atom. The molecule has 0 aromatic carbocycles. The van der Waals surface area contributed by atoms with Crippen LogP contribution in [0, 0.1) is 46.3 Å². The lowest BCUT2D eigenvalue weighted by molar-refractivity contribution is -0.166. The van der Waals surface area contributed by atoms with Crippen molar-refractivity contribution >= 4 is 23.3 Å². The number of esters is 1. The van der Waals surface area contributed by atoms with Crippen molar-refractivity contribution in [1.29, 1.82) is 0 Å². The Bertz CT molecular complexity index is 830. The molecule has 0 aromatic heterocycles. The zero-order chi connectivity index (χ0) is 23.3. The maximum atomic E-state index is 13.8. The fraction of sp³-hybridized carbons (Fsp3) is 0.778. The summed E-state index contributed by atoms with van der Waals surface area (Å²) in [6, 6.07) is 0. The van der Waals surface area contributed by atoms with Crippen molar-refractivity contribution in [2.24, 2.45) is 46.3 Å². The Labute approximate surface area is 191 Å². The molecule has 4 rings (SSSR count). The molecule has 0 N–H and O–H groups in total. The molecule has 4 aliphatic rings. The Morgan fingerprint density at radius 3 is 2.62 bits per heavy atom. The topological polar surface area (TPSA) is 77.5 Å². The van der Waals surface area contributed by atoms with Crippen molar-refractivity contribution in [2.45, 2.75) is 78.6 Å². The molecule has 5 heteroatoms.